The number of hydrogen-bond donors (Lipinski definition) is 3. The molecule has 3 N–H and O–H groups in total. The van der Waals surface area contributed by atoms with Gasteiger partial charge in [0.25, 0.3) is 0 Å². The van der Waals surface area contributed by atoms with Crippen LogP contribution < -0.4 is 5.32 Å². The molecule has 0 saturated heterocycles. The van der Waals surface area contributed by atoms with Gasteiger partial charge in [0.1, 0.15) is 18.6 Å². The number of hydrogen-bond acceptors (Lipinski definition) is 9. The van der Waals surface area contributed by atoms with Crippen LogP contribution in [0.3, 0.4) is 0 Å². The molecule has 1 unspecified atom stereocenters. The van der Waals surface area contributed by atoms with Crippen LogP contribution >= 0.6 is 23.1 Å². The number of fused-ring (bicyclic) bond motifs is 1. The summed E-state index contributed by atoms with van der Waals surface area (Å²) in [6, 6.07) is 0. The Hall–Kier alpha value is -2.80. The lowest BCUT2D eigenvalue weighted by atomic mass is 10.1. The van der Waals surface area contributed by atoms with Gasteiger partial charge in [0.05, 0.1) is 17.9 Å². The molecule has 136 valence electrons. The summed E-state index contributed by atoms with van der Waals surface area (Å²) in [5, 5.41) is 24.1. The molecule has 1 amide bonds. The number of thiazole rings is 1. The number of Topliss-reactive ketones (excluding diaryl/α,β-unsaturated/α-hetero) is 1. The van der Waals surface area contributed by atoms with Crippen LogP contribution in [0.15, 0.2) is 23.2 Å². The molecule has 3 heterocycles. The number of nitrogens with one attached hydrogen (secondary N) is 2. The van der Waals surface area contributed by atoms with Gasteiger partial charge >= 0.3 is 5.97 Å². The summed E-state index contributed by atoms with van der Waals surface area (Å²) in [5.74, 6) is -3.63. The van der Waals surface area contributed by atoms with Crippen LogP contribution in [-0.2, 0) is 20.8 Å². The van der Waals surface area contributed by atoms with Crippen molar-refractivity contribution in [3.63, 3.8) is 0 Å². The lowest BCUT2D eigenvalue weighted by Gasteiger charge is -2.12. The fourth-order valence-corrected chi connectivity index (χ4v) is 3.60. The fourth-order valence-electron chi connectivity index (χ4n) is 2.08. The predicted octanol–water partition coefficient (Wildman–Crippen LogP) is -0.370. The van der Waals surface area contributed by atoms with E-state index < -0.39 is 23.6 Å². The van der Waals surface area contributed by atoms with Gasteiger partial charge in [0.15, 0.2) is 10.9 Å². The second kappa shape index (κ2) is 8.05. The van der Waals surface area contributed by atoms with Gasteiger partial charge in [-0.2, -0.15) is 10.2 Å². The minimum Gasteiger partial charge on any atom is -0.481 e. The predicted molar refractivity (Wildman–Crippen MR) is 90.8 cm³/mol. The van der Waals surface area contributed by atoms with E-state index in [-0.39, 0.29) is 18.7 Å². The van der Waals surface area contributed by atoms with Crippen molar-refractivity contribution in [1.29, 1.82) is 0 Å². The maximum atomic E-state index is 12.1. The van der Waals surface area contributed by atoms with E-state index in [1.54, 1.807) is 5.38 Å². The number of carboxylic acids is 1. The lowest BCUT2D eigenvalue weighted by Crippen LogP contribution is -2.38. The zero-order valence-corrected chi connectivity index (χ0v) is 14.8. The van der Waals surface area contributed by atoms with E-state index in [0.29, 0.717) is 15.8 Å². The molecular weight excluding hydrogens is 382 g/mol. The Morgan fingerprint density at radius 3 is 2.92 bits per heavy atom. The average molecular weight is 395 g/mol. The smallest absolute Gasteiger partial charge is 0.315 e. The van der Waals surface area contributed by atoms with Crippen LogP contribution in [0.1, 0.15) is 5.69 Å². The quantitative estimate of drug-likeness (QED) is 0.325. The molecule has 0 fully saturated rings. The minimum atomic E-state index is -1.33. The topological polar surface area (TPSA) is 155 Å². The molecule has 3 aromatic rings. The minimum absolute atomic E-state index is 0.0106. The van der Waals surface area contributed by atoms with Gasteiger partial charge in [-0.25, -0.2) is 14.5 Å². The van der Waals surface area contributed by atoms with Crippen molar-refractivity contribution in [2.45, 2.75) is 11.6 Å². The van der Waals surface area contributed by atoms with E-state index in [1.165, 1.54) is 28.5 Å². The van der Waals surface area contributed by atoms with Crippen molar-refractivity contribution >= 4 is 45.7 Å². The SMILES string of the molecule is O=C(Cc1csc2ncnn12)NCC(C(=O)O)C(=O)CSc1ncn[nH]1. The van der Waals surface area contributed by atoms with Gasteiger partial charge in [0, 0.05) is 11.9 Å². The van der Waals surface area contributed by atoms with E-state index in [9.17, 15) is 19.5 Å². The average Bonchev–Trinajstić information content (AvgIpc) is 3.32. The Morgan fingerprint density at radius 2 is 2.19 bits per heavy atom. The summed E-state index contributed by atoms with van der Waals surface area (Å²) in [6.07, 6.45) is 2.69. The van der Waals surface area contributed by atoms with Crippen LogP contribution in [-0.4, -0.2) is 64.8 Å². The first-order valence-electron chi connectivity index (χ1n) is 7.31. The van der Waals surface area contributed by atoms with Crippen molar-refractivity contribution in [3.8, 4) is 0 Å². The normalized spacial score (nSPS) is 12.2. The number of H-pyrrole nitrogens is 1. The van der Waals surface area contributed by atoms with E-state index >= 15 is 0 Å². The fraction of sp³-hybridized carbons (Fsp3) is 0.308. The highest BCUT2D eigenvalue weighted by atomic mass is 32.2. The number of amides is 1. The highest BCUT2D eigenvalue weighted by Gasteiger charge is 2.27. The molecule has 0 spiro atoms. The molecule has 1 atom stereocenters. The number of carbonyl (C=O) groups excluding carboxylic acids is 2. The van der Waals surface area contributed by atoms with Crippen molar-refractivity contribution in [1.82, 2.24) is 35.1 Å². The first-order valence-corrected chi connectivity index (χ1v) is 9.17. The Balaban J connectivity index is 1.52. The number of aromatic nitrogens is 6. The largest absolute Gasteiger partial charge is 0.481 e. The zero-order valence-electron chi connectivity index (χ0n) is 13.2. The molecule has 0 aromatic carbocycles. The Labute approximate surface area is 154 Å². The molecule has 3 rings (SSSR count). The molecule has 0 aliphatic heterocycles. The Morgan fingerprint density at radius 1 is 1.35 bits per heavy atom. The second-order valence-electron chi connectivity index (χ2n) is 5.10. The van der Waals surface area contributed by atoms with Crippen LogP contribution in [0, 0.1) is 5.92 Å². The summed E-state index contributed by atoms with van der Waals surface area (Å²) in [5.41, 5.74) is 0.638. The first kappa shape index (κ1) is 18.0. The number of carbonyl (C=O) groups is 3. The summed E-state index contributed by atoms with van der Waals surface area (Å²) in [4.78, 5) is 44.0. The molecule has 11 nitrogen and oxygen atoms in total. The summed E-state index contributed by atoms with van der Waals surface area (Å²) >= 11 is 2.40. The van der Waals surface area contributed by atoms with Gasteiger partial charge in [0.2, 0.25) is 10.9 Å². The summed E-state index contributed by atoms with van der Waals surface area (Å²) in [6.45, 7) is -0.283. The molecule has 3 aromatic heterocycles. The molecule has 13 heteroatoms. The third-order valence-electron chi connectivity index (χ3n) is 3.36. The zero-order chi connectivity index (χ0) is 18.5. The monoisotopic (exact) mass is 395 g/mol. The van der Waals surface area contributed by atoms with Crippen LogP contribution in [0.2, 0.25) is 0 Å². The molecule has 26 heavy (non-hydrogen) atoms. The molecule has 0 bridgehead atoms. The van der Waals surface area contributed by atoms with Gasteiger partial charge in [-0.15, -0.1) is 11.3 Å². The highest BCUT2D eigenvalue weighted by molar-refractivity contribution is 7.99. The van der Waals surface area contributed by atoms with E-state index in [4.69, 9.17) is 0 Å². The number of thioether (sulfide) groups is 1. The van der Waals surface area contributed by atoms with Gasteiger partial charge in [-0.05, 0) is 0 Å². The first-order chi connectivity index (χ1) is 12.5. The number of rotatable bonds is 9. The molecule has 0 aliphatic rings. The third-order valence-corrected chi connectivity index (χ3v) is 5.14. The maximum absolute atomic E-state index is 12.1. The van der Waals surface area contributed by atoms with Gasteiger partial charge < -0.3 is 10.4 Å². The lowest BCUT2D eigenvalue weighted by molar-refractivity contribution is -0.145. The van der Waals surface area contributed by atoms with Crippen molar-refractivity contribution in [2.75, 3.05) is 12.3 Å². The van der Waals surface area contributed by atoms with Crippen LogP contribution in [0.25, 0.3) is 4.96 Å². The summed E-state index contributed by atoms with van der Waals surface area (Å²) in [7, 11) is 0. The van der Waals surface area contributed by atoms with E-state index in [2.05, 4.69) is 30.6 Å². The molecular formula is C13H13N7O4S2. The number of nitrogens with zero attached hydrogens (tertiary/aromatic N) is 5. The van der Waals surface area contributed by atoms with Crippen LogP contribution in [0.5, 0.6) is 0 Å². The Kier molecular flexibility index (Phi) is 5.58. The second-order valence-corrected chi connectivity index (χ2v) is 6.90. The van der Waals surface area contributed by atoms with Crippen molar-refractivity contribution in [2.24, 2.45) is 5.92 Å². The molecule has 0 aliphatic carbocycles. The number of aliphatic carboxylic acids is 1. The van der Waals surface area contributed by atoms with E-state index in [1.807, 2.05) is 0 Å². The van der Waals surface area contributed by atoms with Gasteiger partial charge in [-0.1, -0.05) is 11.8 Å². The third kappa shape index (κ3) is 4.23. The van der Waals surface area contributed by atoms with E-state index in [0.717, 1.165) is 11.8 Å². The molecule has 0 radical (unpaired) electrons. The standard InChI is InChI=1S/C13H13N7O4S2/c21-9(4-25-12-15-5-17-19-12)8(11(23)24)2-14-10(22)1-7-3-26-13-16-6-18-20(7)13/h3,5-6,8H,1-2,4H2,(H,14,22)(H,23,24)(H,15,17,19). The van der Waals surface area contributed by atoms with Crippen LogP contribution in [0.4, 0.5) is 0 Å². The number of carboxylic acid groups (broad SMARTS) is 1. The molecule has 0 saturated carbocycles. The van der Waals surface area contributed by atoms with Crippen molar-refractivity contribution in [3.05, 3.63) is 23.7 Å². The maximum Gasteiger partial charge on any atom is 0.315 e. The highest BCUT2D eigenvalue weighted by Crippen LogP contribution is 2.14. The summed E-state index contributed by atoms with van der Waals surface area (Å²) < 4.78 is 1.54. The van der Waals surface area contributed by atoms with Crippen molar-refractivity contribution < 1.29 is 19.5 Å². The number of ketones is 1. The van der Waals surface area contributed by atoms with Gasteiger partial charge in [-0.3, -0.25) is 19.5 Å². The Bertz CT molecular complexity index is 920. The number of aromatic amines is 1.